The minimum absolute atomic E-state index is 0.676. The quantitative estimate of drug-likeness (QED) is 0.790. The highest BCUT2D eigenvalue weighted by atomic mass is 15.2. The molecule has 0 aromatic rings. The molecule has 1 aliphatic carbocycles. The molecule has 0 radical (unpaired) electrons. The highest BCUT2D eigenvalue weighted by Gasteiger charge is 2.34. The number of rotatable bonds is 4. The van der Waals surface area contributed by atoms with Crippen LogP contribution in [-0.4, -0.2) is 37.1 Å². The van der Waals surface area contributed by atoms with Crippen LogP contribution in [0.4, 0.5) is 0 Å². The van der Waals surface area contributed by atoms with Crippen molar-refractivity contribution in [2.45, 2.75) is 58.4 Å². The second-order valence-corrected chi connectivity index (χ2v) is 5.86. The number of nitrogens with zero attached hydrogens (tertiary/aromatic N) is 1. The van der Waals surface area contributed by atoms with Gasteiger partial charge in [-0.2, -0.15) is 0 Å². The maximum atomic E-state index is 3.61. The second kappa shape index (κ2) is 5.50. The van der Waals surface area contributed by atoms with Crippen molar-refractivity contribution in [3.05, 3.63) is 0 Å². The van der Waals surface area contributed by atoms with Gasteiger partial charge < -0.3 is 5.32 Å². The molecule has 1 atom stereocenters. The normalized spacial score (nSPS) is 30.8. The van der Waals surface area contributed by atoms with Gasteiger partial charge in [-0.05, 0) is 31.1 Å². The van der Waals surface area contributed by atoms with Gasteiger partial charge in [-0.1, -0.05) is 26.7 Å². The summed E-state index contributed by atoms with van der Waals surface area (Å²) < 4.78 is 0. The van der Waals surface area contributed by atoms with Crippen LogP contribution in [0.2, 0.25) is 0 Å². The molecular formula is C14H28N2. The fourth-order valence-corrected chi connectivity index (χ4v) is 3.53. The third-order valence-electron chi connectivity index (χ3n) is 4.81. The molecule has 0 aromatic heterocycles. The SMILES string of the molecule is CCC1CN(CC2(CC)CCCC2)CCN1. The van der Waals surface area contributed by atoms with E-state index in [1.807, 2.05) is 0 Å². The van der Waals surface area contributed by atoms with Crippen LogP contribution in [0.25, 0.3) is 0 Å². The van der Waals surface area contributed by atoms with Crippen molar-refractivity contribution in [1.29, 1.82) is 0 Å². The molecule has 0 amide bonds. The van der Waals surface area contributed by atoms with E-state index in [1.54, 1.807) is 0 Å². The zero-order valence-electron chi connectivity index (χ0n) is 11.1. The van der Waals surface area contributed by atoms with Gasteiger partial charge in [0, 0.05) is 32.2 Å². The van der Waals surface area contributed by atoms with Crippen molar-refractivity contribution in [1.82, 2.24) is 10.2 Å². The van der Waals surface area contributed by atoms with Crippen LogP contribution in [0.15, 0.2) is 0 Å². The van der Waals surface area contributed by atoms with Crippen molar-refractivity contribution in [3.8, 4) is 0 Å². The highest BCUT2D eigenvalue weighted by Crippen LogP contribution is 2.41. The van der Waals surface area contributed by atoms with E-state index >= 15 is 0 Å². The molecule has 2 rings (SSSR count). The molecule has 1 aliphatic heterocycles. The van der Waals surface area contributed by atoms with Crippen LogP contribution in [0.1, 0.15) is 52.4 Å². The molecule has 94 valence electrons. The van der Waals surface area contributed by atoms with Crippen LogP contribution in [0.3, 0.4) is 0 Å². The lowest BCUT2D eigenvalue weighted by Crippen LogP contribution is -2.52. The third-order valence-corrected chi connectivity index (χ3v) is 4.81. The molecule has 1 heterocycles. The maximum absolute atomic E-state index is 3.61. The van der Waals surface area contributed by atoms with Gasteiger partial charge in [-0.25, -0.2) is 0 Å². The standard InChI is InChI=1S/C14H28N2/c1-3-13-11-16(10-9-15-13)12-14(4-2)7-5-6-8-14/h13,15H,3-12H2,1-2H3. The van der Waals surface area contributed by atoms with Crippen LogP contribution >= 0.6 is 0 Å². The van der Waals surface area contributed by atoms with E-state index in [2.05, 4.69) is 24.1 Å². The highest BCUT2D eigenvalue weighted by molar-refractivity contribution is 4.89. The first kappa shape index (κ1) is 12.4. The van der Waals surface area contributed by atoms with E-state index in [1.165, 1.54) is 64.7 Å². The number of hydrogen-bond acceptors (Lipinski definition) is 2. The lowest BCUT2D eigenvalue weighted by atomic mass is 9.82. The summed E-state index contributed by atoms with van der Waals surface area (Å²) in [6.07, 6.45) is 8.55. The Balaban J connectivity index is 1.87. The molecule has 1 N–H and O–H groups in total. The molecule has 2 nitrogen and oxygen atoms in total. The van der Waals surface area contributed by atoms with Gasteiger partial charge in [0.25, 0.3) is 0 Å². The zero-order chi connectivity index (χ0) is 11.4. The monoisotopic (exact) mass is 224 g/mol. The summed E-state index contributed by atoms with van der Waals surface area (Å²) in [6, 6.07) is 0.740. The van der Waals surface area contributed by atoms with E-state index < -0.39 is 0 Å². The smallest absolute Gasteiger partial charge is 0.0192 e. The molecule has 1 saturated carbocycles. The molecule has 0 aromatic carbocycles. The van der Waals surface area contributed by atoms with Crippen molar-refractivity contribution in [2.24, 2.45) is 5.41 Å². The van der Waals surface area contributed by atoms with Gasteiger partial charge in [-0.3, -0.25) is 4.90 Å². The molecule has 2 heteroatoms. The van der Waals surface area contributed by atoms with Gasteiger partial charge in [0.15, 0.2) is 0 Å². The van der Waals surface area contributed by atoms with Gasteiger partial charge in [0.1, 0.15) is 0 Å². The maximum Gasteiger partial charge on any atom is 0.0192 e. The zero-order valence-corrected chi connectivity index (χ0v) is 11.1. The van der Waals surface area contributed by atoms with E-state index in [0.29, 0.717) is 5.41 Å². The summed E-state index contributed by atoms with van der Waals surface area (Å²) in [5.41, 5.74) is 0.676. The number of hydrogen-bond donors (Lipinski definition) is 1. The fourth-order valence-electron chi connectivity index (χ4n) is 3.53. The van der Waals surface area contributed by atoms with E-state index in [0.717, 1.165) is 6.04 Å². The summed E-state index contributed by atoms with van der Waals surface area (Å²) in [7, 11) is 0. The Labute approximate surface area is 101 Å². The van der Waals surface area contributed by atoms with E-state index in [4.69, 9.17) is 0 Å². The fraction of sp³-hybridized carbons (Fsp3) is 1.00. The van der Waals surface area contributed by atoms with Gasteiger partial charge in [0.05, 0.1) is 0 Å². The Kier molecular flexibility index (Phi) is 4.26. The van der Waals surface area contributed by atoms with Crippen LogP contribution in [0.5, 0.6) is 0 Å². The van der Waals surface area contributed by atoms with Gasteiger partial charge in [-0.15, -0.1) is 0 Å². The average molecular weight is 224 g/mol. The number of nitrogens with one attached hydrogen (secondary N) is 1. The van der Waals surface area contributed by atoms with Crippen LogP contribution < -0.4 is 5.32 Å². The molecule has 1 saturated heterocycles. The third kappa shape index (κ3) is 2.78. The van der Waals surface area contributed by atoms with Crippen LogP contribution in [0, 0.1) is 5.41 Å². The van der Waals surface area contributed by atoms with Crippen molar-refractivity contribution >= 4 is 0 Å². The van der Waals surface area contributed by atoms with Gasteiger partial charge >= 0.3 is 0 Å². The van der Waals surface area contributed by atoms with Crippen molar-refractivity contribution < 1.29 is 0 Å². The van der Waals surface area contributed by atoms with Crippen molar-refractivity contribution in [3.63, 3.8) is 0 Å². The molecule has 2 aliphatic rings. The van der Waals surface area contributed by atoms with E-state index in [-0.39, 0.29) is 0 Å². The predicted molar refractivity (Wildman–Crippen MR) is 69.7 cm³/mol. The summed E-state index contributed by atoms with van der Waals surface area (Å²) in [4.78, 5) is 2.72. The molecule has 1 unspecified atom stereocenters. The topological polar surface area (TPSA) is 15.3 Å². The summed E-state index contributed by atoms with van der Waals surface area (Å²) in [5.74, 6) is 0. The Morgan fingerprint density at radius 1 is 1.25 bits per heavy atom. The molecule has 16 heavy (non-hydrogen) atoms. The van der Waals surface area contributed by atoms with Gasteiger partial charge in [0.2, 0.25) is 0 Å². The number of piperazine rings is 1. The molecule has 2 fully saturated rings. The average Bonchev–Trinajstić information content (AvgIpc) is 2.78. The second-order valence-electron chi connectivity index (χ2n) is 5.86. The first-order valence-electron chi connectivity index (χ1n) is 7.24. The lowest BCUT2D eigenvalue weighted by Gasteiger charge is -2.39. The first-order chi connectivity index (χ1) is 7.78. The van der Waals surface area contributed by atoms with Crippen molar-refractivity contribution in [2.75, 3.05) is 26.2 Å². The molecule has 0 spiro atoms. The Bertz CT molecular complexity index is 209. The molecular weight excluding hydrogens is 196 g/mol. The first-order valence-corrected chi connectivity index (χ1v) is 7.24. The minimum Gasteiger partial charge on any atom is -0.311 e. The Hall–Kier alpha value is -0.0800. The predicted octanol–water partition coefficient (Wildman–Crippen LogP) is 2.64. The summed E-state index contributed by atoms with van der Waals surface area (Å²) in [6.45, 7) is 9.79. The summed E-state index contributed by atoms with van der Waals surface area (Å²) >= 11 is 0. The molecule has 0 bridgehead atoms. The van der Waals surface area contributed by atoms with Crippen LogP contribution in [-0.2, 0) is 0 Å². The minimum atomic E-state index is 0.676. The van der Waals surface area contributed by atoms with E-state index in [9.17, 15) is 0 Å². The summed E-state index contributed by atoms with van der Waals surface area (Å²) in [5, 5.41) is 3.61. The largest absolute Gasteiger partial charge is 0.311 e. The Morgan fingerprint density at radius 3 is 2.62 bits per heavy atom. The lowest BCUT2D eigenvalue weighted by molar-refractivity contribution is 0.115. The Morgan fingerprint density at radius 2 is 2.00 bits per heavy atom.